The third-order valence-electron chi connectivity index (χ3n) is 3.10. The van der Waals surface area contributed by atoms with Gasteiger partial charge >= 0.3 is 0 Å². The first-order chi connectivity index (χ1) is 9.16. The lowest BCUT2D eigenvalue weighted by Crippen LogP contribution is -1.88. The van der Waals surface area contributed by atoms with E-state index in [1.54, 1.807) is 0 Å². The van der Waals surface area contributed by atoms with Crippen LogP contribution in [0, 0.1) is 0 Å². The second-order valence-corrected chi connectivity index (χ2v) is 9.78. The summed E-state index contributed by atoms with van der Waals surface area (Å²) in [7, 11) is 0. The highest BCUT2D eigenvalue weighted by Gasteiger charge is 1.96. The largest absolute Gasteiger partial charge is 0.178 e. The zero-order valence-electron chi connectivity index (χ0n) is 13.2. The maximum Gasteiger partial charge on any atom is 0.0585 e. The summed E-state index contributed by atoms with van der Waals surface area (Å²) in [6, 6.07) is 0. The molecule has 0 aliphatic carbocycles. The van der Waals surface area contributed by atoms with Crippen molar-refractivity contribution in [1.82, 2.24) is 0 Å². The van der Waals surface area contributed by atoms with E-state index < -0.39 is 0 Å². The van der Waals surface area contributed by atoms with Crippen molar-refractivity contribution in [2.75, 3.05) is 5.75 Å². The van der Waals surface area contributed by atoms with Crippen LogP contribution in [0.25, 0.3) is 0 Å². The number of thioether (sulfide) groups is 1. The van der Waals surface area contributed by atoms with E-state index >= 15 is 0 Å². The van der Waals surface area contributed by atoms with Crippen LogP contribution in [-0.4, -0.2) is 14.5 Å². The van der Waals surface area contributed by atoms with E-state index in [2.05, 4.69) is 33.4 Å². The molecule has 0 aromatic carbocycles. The van der Waals surface area contributed by atoms with E-state index in [-0.39, 0.29) is 0 Å². The zero-order valence-corrected chi connectivity index (χ0v) is 15.8. The molecule has 0 N–H and O–H groups in total. The molecule has 19 heavy (non-hydrogen) atoms. The van der Waals surface area contributed by atoms with Gasteiger partial charge in [0, 0.05) is 0 Å². The molecule has 0 heterocycles. The zero-order chi connectivity index (χ0) is 14.3. The molecule has 0 aliphatic heterocycles. The molecule has 0 rings (SSSR count). The van der Waals surface area contributed by atoms with Crippen LogP contribution in [0.4, 0.5) is 0 Å². The van der Waals surface area contributed by atoms with Gasteiger partial charge in [0.15, 0.2) is 0 Å². The molecular weight excluding hydrogens is 288 g/mol. The molecule has 0 saturated carbocycles. The minimum atomic E-state index is 0.715. The molecular formula is C16H34S3. The van der Waals surface area contributed by atoms with Crippen molar-refractivity contribution in [2.45, 2.75) is 90.2 Å². The highest BCUT2D eigenvalue weighted by molar-refractivity contribution is 8.44. The molecule has 116 valence electrons. The van der Waals surface area contributed by atoms with Gasteiger partial charge in [0.05, 0.1) is 3.53 Å². The second-order valence-electron chi connectivity index (χ2n) is 5.54. The van der Waals surface area contributed by atoms with E-state index in [1.165, 1.54) is 84.8 Å². The van der Waals surface area contributed by atoms with Crippen molar-refractivity contribution < 1.29 is 0 Å². The maximum absolute atomic E-state index is 4.54. The Morgan fingerprint density at radius 3 is 1.84 bits per heavy atom. The number of rotatable bonds is 12. The van der Waals surface area contributed by atoms with Gasteiger partial charge in [-0.05, 0) is 17.4 Å². The van der Waals surface area contributed by atoms with Gasteiger partial charge in [-0.3, -0.25) is 0 Å². The molecule has 0 saturated heterocycles. The molecule has 0 nitrogen and oxygen atoms in total. The smallest absolute Gasteiger partial charge is 0.0585 e. The Balaban J connectivity index is 3.15. The fourth-order valence-corrected chi connectivity index (χ4v) is 5.16. The SMILES string of the molecule is CCCCCCCCCCCCSC(S)=[SH]C(C)C. The fourth-order valence-electron chi connectivity index (χ4n) is 2.01. The van der Waals surface area contributed by atoms with Gasteiger partial charge in [-0.1, -0.05) is 78.6 Å². The molecule has 0 amide bonds. The first-order valence-electron chi connectivity index (χ1n) is 8.06. The predicted molar refractivity (Wildman–Crippen MR) is 102 cm³/mol. The quantitative estimate of drug-likeness (QED) is 0.234. The Kier molecular flexibility index (Phi) is 16.1. The number of unbranched alkanes of at least 4 members (excludes halogenated alkanes) is 9. The van der Waals surface area contributed by atoms with Crippen molar-refractivity contribution in [1.29, 1.82) is 0 Å². The van der Waals surface area contributed by atoms with Crippen LogP contribution in [0.15, 0.2) is 0 Å². The van der Waals surface area contributed by atoms with Crippen molar-refractivity contribution in [2.24, 2.45) is 0 Å². The van der Waals surface area contributed by atoms with E-state index in [4.69, 9.17) is 0 Å². The molecule has 0 aromatic heterocycles. The minimum absolute atomic E-state index is 0.715. The van der Waals surface area contributed by atoms with Gasteiger partial charge in [-0.2, -0.15) is 11.4 Å². The van der Waals surface area contributed by atoms with Crippen LogP contribution >= 0.6 is 35.7 Å². The third kappa shape index (κ3) is 16.9. The van der Waals surface area contributed by atoms with E-state index in [9.17, 15) is 0 Å². The lowest BCUT2D eigenvalue weighted by molar-refractivity contribution is 0.563. The Bertz CT molecular complexity index is 212. The normalized spacial score (nSPS) is 12.8. The van der Waals surface area contributed by atoms with Crippen molar-refractivity contribution >= 4 is 39.3 Å². The molecule has 0 aliphatic rings. The van der Waals surface area contributed by atoms with Crippen LogP contribution in [-0.2, 0) is 0 Å². The second kappa shape index (κ2) is 15.3. The summed E-state index contributed by atoms with van der Waals surface area (Å²) in [4.78, 5) is 0. The standard InChI is InChI=1S/C16H34S3/c1-4-5-6-7-8-9-10-11-12-13-14-18-16(17)19-15(2)3/h15,17,19H,4-14H2,1-3H3. The van der Waals surface area contributed by atoms with Crippen LogP contribution in [0.3, 0.4) is 0 Å². The third-order valence-corrected chi connectivity index (χ3v) is 6.02. The molecule has 0 fully saturated rings. The lowest BCUT2D eigenvalue weighted by atomic mass is 10.1. The summed E-state index contributed by atoms with van der Waals surface area (Å²) in [6.07, 6.45) is 14.2. The molecule has 0 aromatic rings. The molecule has 0 atom stereocenters. The number of hydrogen-bond acceptors (Lipinski definition) is 1. The molecule has 0 spiro atoms. The minimum Gasteiger partial charge on any atom is -0.178 e. The van der Waals surface area contributed by atoms with Crippen LogP contribution in [0.1, 0.15) is 85.0 Å². The van der Waals surface area contributed by atoms with Gasteiger partial charge in [0.25, 0.3) is 0 Å². The monoisotopic (exact) mass is 322 g/mol. The molecule has 3 heteroatoms. The van der Waals surface area contributed by atoms with Crippen LogP contribution < -0.4 is 0 Å². The highest BCUT2D eigenvalue weighted by atomic mass is 32.2. The Hall–Kier alpha value is 0.920. The number of hydrogen-bond donors (Lipinski definition) is 2. The van der Waals surface area contributed by atoms with Gasteiger partial charge in [0.1, 0.15) is 0 Å². The van der Waals surface area contributed by atoms with Crippen molar-refractivity contribution in [3.05, 3.63) is 0 Å². The van der Waals surface area contributed by atoms with E-state index in [1.807, 2.05) is 11.8 Å². The summed E-state index contributed by atoms with van der Waals surface area (Å²) >= 11 is 7.89. The average Bonchev–Trinajstić information content (AvgIpc) is 2.35. The summed E-state index contributed by atoms with van der Waals surface area (Å²) in [5, 5.41) is 0.715. The van der Waals surface area contributed by atoms with Gasteiger partial charge in [0.2, 0.25) is 0 Å². The lowest BCUT2D eigenvalue weighted by Gasteiger charge is -2.04. The summed E-state index contributed by atoms with van der Waals surface area (Å²) < 4.78 is 1.30. The van der Waals surface area contributed by atoms with Gasteiger partial charge in [-0.15, -0.1) is 24.4 Å². The average molecular weight is 323 g/mol. The van der Waals surface area contributed by atoms with Gasteiger partial charge in [-0.25, -0.2) is 0 Å². The first kappa shape index (κ1) is 19.9. The van der Waals surface area contributed by atoms with Crippen molar-refractivity contribution in [3.63, 3.8) is 0 Å². The molecule has 0 bridgehead atoms. The Morgan fingerprint density at radius 1 is 0.895 bits per heavy atom. The first-order valence-corrected chi connectivity index (χ1v) is 10.5. The maximum atomic E-state index is 4.54. The van der Waals surface area contributed by atoms with Gasteiger partial charge < -0.3 is 0 Å². The topological polar surface area (TPSA) is 0 Å². The Morgan fingerprint density at radius 2 is 1.37 bits per heavy atom. The fraction of sp³-hybridized carbons (Fsp3) is 0.938. The van der Waals surface area contributed by atoms with Crippen molar-refractivity contribution in [3.8, 4) is 0 Å². The van der Waals surface area contributed by atoms with Crippen LogP contribution in [0.5, 0.6) is 0 Å². The number of thiol groups is 2. The van der Waals surface area contributed by atoms with Crippen LogP contribution in [0.2, 0.25) is 0 Å². The Labute approximate surface area is 135 Å². The highest BCUT2D eigenvalue weighted by Crippen LogP contribution is 2.18. The molecule has 0 radical (unpaired) electrons. The summed E-state index contributed by atoms with van der Waals surface area (Å²) in [5.74, 6) is 1.26. The van der Waals surface area contributed by atoms with E-state index in [0.717, 1.165) is 0 Å². The molecule has 0 unspecified atom stereocenters. The summed E-state index contributed by atoms with van der Waals surface area (Å²) in [5.41, 5.74) is 0. The predicted octanol–water partition coefficient (Wildman–Crippen LogP) is 6.53. The van der Waals surface area contributed by atoms with E-state index in [0.29, 0.717) is 5.25 Å². The summed E-state index contributed by atoms with van der Waals surface area (Å²) in [6.45, 7) is 6.78.